The van der Waals surface area contributed by atoms with E-state index in [9.17, 15) is 9.59 Å². The molecule has 0 radical (unpaired) electrons. The van der Waals surface area contributed by atoms with Gasteiger partial charge in [-0.05, 0) is 11.6 Å². The zero-order chi connectivity index (χ0) is 18.1. The van der Waals surface area contributed by atoms with Crippen molar-refractivity contribution >= 4 is 28.4 Å². The third kappa shape index (κ3) is 2.64. The van der Waals surface area contributed by atoms with Crippen LogP contribution in [0.15, 0.2) is 59.7 Å². The average Bonchev–Trinajstić information content (AvgIpc) is 2.85. The number of nitrogens with one attached hydrogen (secondary N) is 2. The Morgan fingerprint density at radius 1 is 1.15 bits per heavy atom. The van der Waals surface area contributed by atoms with E-state index in [2.05, 4.69) is 16.0 Å². The summed E-state index contributed by atoms with van der Waals surface area (Å²) in [6, 6.07) is 17.3. The molecule has 1 aliphatic heterocycles. The summed E-state index contributed by atoms with van der Waals surface area (Å²) in [7, 11) is 0. The van der Waals surface area contributed by atoms with Crippen molar-refractivity contribution in [3.8, 4) is 0 Å². The van der Waals surface area contributed by atoms with Gasteiger partial charge in [-0.3, -0.25) is 15.0 Å². The normalized spacial score (nSPS) is 13.6. The molecule has 26 heavy (non-hydrogen) atoms. The van der Waals surface area contributed by atoms with Crippen molar-refractivity contribution in [3.63, 3.8) is 0 Å². The molecule has 0 fully saturated rings. The van der Waals surface area contributed by atoms with Crippen molar-refractivity contribution in [3.05, 3.63) is 71.4 Å². The fourth-order valence-electron chi connectivity index (χ4n) is 3.35. The molecule has 0 saturated carbocycles. The molecule has 0 spiro atoms. The lowest BCUT2D eigenvalue weighted by Gasteiger charge is -2.12. The molecular weight excluding hydrogens is 330 g/mol. The average molecular weight is 347 g/mol. The Bertz CT molecular complexity index is 1040. The number of nitrogens with two attached hydrogens (primary N) is 1. The number of hydrogen-bond donors (Lipinski definition) is 3. The van der Waals surface area contributed by atoms with Crippen LogP contribution >= 0.6 is 0 Å². The van der Waals surface area contributed by atoms with E-state index in [1.54, 1.807) is 0 Å². The summed E-state index contributed by atoms with van der Waals surface area (Å²) in [6.45, 7) is 0.0341. The van der Waals surface area contributed by atoms with E-state index in [4.69, 9.17) is 5.84 Å². The summed E-state index contributed by atoms with van der Waals surface area (Å²) >= 11 is 0. The molecule has 0 saturated heterocycles. The van der Waals surface area contributed by atoms with Gasteiger partial charge in [-0.15, -0.1) is 0 Å². The number of carbonyl (C=O) groups excluding carboxylic acids is 2. The van der Waals surface area contributed by atoms with Gasteiger partial charge in [0, 0.05) is 16.5 Å². The summed E-state index contributed by atoms with van der Waals surface area (Å²) < 4.78 is 1.86. The first-order valence-corrected chi connectivity index (χ1v) is 8.21. The van der Waals surface area contributed by atoms with Crippen molar-refractivity contribution in [2.45, 2.75) is 13.0 Å². The third-order valence-corrected chi connectivity index (χ3v) is 4.44. The highest BCUT2D eigenvalue weighted by Gasteiger charge is 2.27. The van der Waals surface area contributed by atoms with Crippen LogP contribution in [-0.4, -0.2) is 22.1 Å². The van der Waals surface area contributed by atoms with Gasteiger partial charge >= 0.3 is 0 Å². The maximum Gasteiger partial charge on any atom is 0.253 e. The van der Waals surface area contributed by atoms with Gasteiger partial charge in [-0.2, -0.15) is 5.10 Å². The first-order valence-electron chi connectivity index (χ1n) is 8.21. The molecule has 4 N–H and O–H groups in total. The van der Waals surface area contributed by atoms with Crippen LogP contribution < -0.4 is 16.7 Å². The predicted molar refractivity (Wildman–Crippen MR) is 98.2 cm³/mol. The lowest BCUT2D eigenvalue weighted by molar-refractivity contribution is -0.122. The molecule has 7 nitrogen and oxygen atoms in total. The molecule has 3 aromatic rings. The van der Waals surface area contributed by atoms with Crippen molar-refractivity contribution in [1.29, 1.82) is 0 Å². The number of amides is 2. The fourth-order valence-corrected chi connectivity index (χ4v) is 3.35. The Labute approximate surface area is 149 Å². The molecule has 130 valence electrons. The van der Waals surface area contributed by atoms with Crippen LogP contribution in [-0.2, 0) is 22.6 Å². The lowest BCUT2D eigenvalue weighted by atomic mass is 10.0. The quantitative estimate of drug-likeness (QED) is 0.375. The van der Waals surface area contributed by atoms with Gasteiger partial charge in [0.05, 0.1) is 12.1 Å². The number of carbonyl (C=O) groups is 2. The minimum absolute atomic E-state index is 0.0341. The molecule has 2 aromatic carbocycles. The Morgan fingerprint density at radius 3 is 2.65 bits per heavy atom. The molecular formula is C19H17N5O2. The van der Waals surface area contributed by atoms with Crippen LogP contribution in [0.25, 0.3) is 10.9 Å². The molecule has 2 heterocycles. The number of hydrazine groups is 1. The number of benzene rings is 2. The van der Waals surface area contributed by atoms with Gasteiger partial charge in [0.1, 0.15) is 12.3 Å². The maximum atomic E-state index is 12.2. The number of aromatic nitrogens is 1. The van der Waals surface area contributed by atoms with E-state index >= 15 is 0 Å². The standard InChI is InChI=1S/C19H17N5O2/c20-21-17(26)11-24-15-9-5-4-8-13(15)14-10-16(25)22-23-18(19(14)24)12-6-2-1-3-7-12/h1-9H,10-11,20H2,(H,21,26)(H,22,25). The van der Waals surface area contributed by atoms with Crippen LogP contribution in [0.1, 0.15) is 16.8 Å². The van der Waals surface area contributed by atoms with Gasteiger partial charge in [0.15, 0.2) is 0 Å². The number of para-hydroxylation sites is 1. The van der Waals surface area contributed by atoms with Crippen LogP contribution in [0.3, 0.4) is 0 Å². The van der Waals surface area contributed by atoms with E-state index in [0.29, 0.717) is 5.71 Å². The SMILES string of the molecule is NNC(=O)Cn1c2c(c3ccccc31)CC(=O)NN=C2c1ccccc1. The van der Waals surface area contributed by atoms with Gasteiger partial charge in [0.2, 0.25) is 5.91 Å². The highest BCUT2D eigenvalue weighted by Crippen LogP contribution is 2.30. The van der Waals surface area contributed by atoms with Gasteiger partial charge in [0.25, 0.3) is 5.91 Å². The highest BCUT2D eigenvalue weighted by atomic mass is 16.2. The van der Waals surface area contributed by atoms with Gasteiger partial charge < -0.3 is 4.57 Å². The zero-order valence-corrected chi connectivity index (χ0v) is 13.9. The minimum atomic E-state index is -0.329. The Morgan fingerprint density at radius 2 is 1.88 bits per heavy atom. The third-order valence-electron chi connectivity index (χ3n) is 4.44. The maximum absolute atomic E-state index is 12.2. The van der Waals surface area contributed by atoms with E-state index in [-0.39, 0.29) is 24.8 Å². The highest BCUT2D eigenvalue weighted by molar-refractivity contribution is 6.17. The van der Waals surface area contributed by atoms with Crippen LogP contribution in [0.2, 0.25) is 0 Å². The summed E-state index contributed by atoms with van der Waals surface area (Å²) in [5, 5.41) is 5.26. The largest absolute Gasteiger partial charge is 0.329 e. The van der Waals surface area contributed by atoms with E-state index in [1.165, 1.54) is 0 Å². The number of rotatable bonds is 3. The number of nitrogens with zero attached hydrogens (tertiary/aromatic N) is 2. The van der Waals surface area contributed by atoms with E-state index < -0.39 is 0 Å². The lowest BCUT2D eigenvalue weighted by Crippen LogP contribution is -2.34. The fraction of sp³-hybridized carbons (Fsp3) is 0.105. The number of fused-ring (bicyclic) bond motifs is 3. The molecule has 1 aliphatic rings. The monoisotopic (exact) mass is 347 g/mol. The van der Waals surface area contributed by atoms with E-state index in [1.807, 2.05) is 59.2 Å². The summed E-state index contributed by atoms with van der Waals surface area (Å²) in [5.74, 6) is 4.78. The zero-order valence-electron chi connectivity index (χ0n) is 13.9. The minimum Gasteiger partial charge on any atom is -0.329 e. The van der Waals surface area contributed by atoms with Crippen molar-refractivity contribution in [2.24, 2.45) is 10.9 Å². The Balaban J connectivity index is 2.03. The summed E-state index contributed by atoms with van der Waals surface area (Å²) in [4.78, 5) is 24.2. The molecule has 0 unspecified atom stereocenters. The predicted octanol–water partition coefficient (Wildman–Crippen LogP) is 1.06. The first-order chi connectivity index (χ1) is 12.7. The molecule has 0 atom stereocenters. The van der Waals surface area contributed by atoms with Gasteiger partial charge in [-0.1, -0.05) is 48.5 Å². The summed E-state index contributed by atoms with van der Waals surface area (Å²) in [6.07, 6.45) is 0.187. The Kier molecular flexibility index (Phi) is 3.98. The Hall–Kier alpha value is -3.45. The van der Waals surface area contributed by atoms with Crippen LogP contribution in [0.4, 0.5) is 0 Å². The van der Waals surface area contributed by atoms with Crippen LogP contribution in [0, 0.1) is 0 Å². The second kappa shape index (κ2) is 6.45. The smallest absolute Gasteiger partial charge is 0.253 e. The number of hydrazone groups is 1. The molecule has 4 rings (SSSR count). The topological polar surface area (TPSA) is 102 Å². The van der Waals surface area contributed by atoms with Gasteiger partial charge in [-0.25, -0.2) is 11.3 Å². The molecule has 0 aliphatic carbocycles. The van der Waals surface area contributed by atoms with E-state index in [0.717, 1.165) is 27.7 Å². The second-order valence-corrected chi connectivity index (χ2v) is 6.04. The molecule has 1 aromatic heterocycles. The second-order valence-electron chi connectivity index (χ2n) is 6.04. The van der Waals surface area contributed by atoms with Crippen molar-refractivity contribution in [1.82, 2.24) is 15.4 Å². The first kappa shape index (κ1) is 16.0. The molecule has 7 heteroatoms. The number of hydrogen-bond acceptors (Lipinski definition) is 4. The summed E-state index contributed by atoms with van der Waals surface area (Å²) in [5.41, 5.74) is 8.70. The molecule has 2 amide bonds. The molecule has 0 bridgehead atoms. The van der Waals surface area contributed by atoms with Crippen molar-refractivity contribution in [2.75, 3.05) is 0 Å². The van der Waals surface area contributed by atoms with Crippen molar-refractivity contribution < 1.29 is 9.59 Å². The van der Waals surface area contributed by atoms with Crippen LogP contribution in [0.5, 0.6) is 0 Å².